The molecule has 3 rings (SSSR count). The highest BCUT2D eigenvalue weighted by Crippen LogP contribution is 2.21. The summed E-state index contributed by atoms with van der Waals surface area (Å²) in [6, 6.07) is 2.25. The van der Waals surface area contributed by atoms with Crippen molar-refractivity contribution in [2.24, 2.45) is 0 Å². The summed E-state index contributed by atoms with van der Waals surface area (Å²) in [7, 11) is 0. The molecule has 1 saturated heterocycles. The maximum Gasteiger partial charge on any atom is 0.277 e. The van der Waals surface area contributed by atoms with Gasteiger partial charge in [-0.2, -0.15) is 9.61 Å². The number of fused-ring (bicyclic) bond motifs is 1. The highest BCUT2D eigenvalue weighted by Gasteiger charge is 2.18. The lowest BCUT2D eigenvalue weighted by Crippen LogP contribution is -2.27. The van der Waals surface area contributed by atoms with E-state index in [2.05, 4.69) is 15.4 Å². The zero-order chi connectivity index (χ0) is 11.8. The second-order valence-electron chi connectivity index (χ2n) is 4.65. The summed E-state index contributed by atoms with van der Waals surface area (Å²) in [5.74, 6) is 0. The van der Waals surface area contributed by atoms with Gasteiger partial charge in [-0.05, 0) is 26.3 Å². The van der Waals surface area contributed by atoms with Crippen molar-refractivity contribution in [3.8, 4) is 0 Å². The van der Waals surface area contributed by atoms with Crippen LogP contribution < -0.4 is 10.9 Å². The first-order chi connectivity index (χ1) is 8.25. The molecule has 0 bridgehead atoms. The van der Waals surface area contributed by atoms with Gasteiger partial charge >= 0.3 is 0 Å². The predicted octanol–water partition coefficient (Wildman–Crippen LogP) is 1.15. The van der Waals surface area contributed by atoms with Crippen molar-refractivity contribution in [3.63, 3.8) is 0 Å². The van der Waals surface area contributed by atoms with Gasteiger partial charge in [-0.1, -0.05) is 6.42 Å². The summed E-state index contributed by atoms with van der Waals surface area (Å²) in [4.78, 5) is 15.0. The molecule has 1 aliphatic rings. The van der Waals surface area contributed by atoms with E-state index in [0.29, 0.717) is 5.56 Å². The quantitative estimate of drug-likeness (QED) is 0.775. The number of aromatic amines is 1. The van der Waals surface area contributed by atoms with Crippen LogP contribution in [-0.2, 0) is 0 Å². The van der Waals surface area contributed by atoms with E-state index in [4.69, 9.17) is 0 Å². The molecule has 1 atom stereocenters. The molecule has 3 heterocycles. The van der Waals surface area contributed by atoms with Crippen molar-refractivity contribution < 1.29 is 0 Å². The Morgan fingerprint density at radius 2 is 2.35 bits per heavy atom. The fourth-order valence-electron chi connectivity index (χ4n) is 2.34. The average Bonchev–Trinajstić information content (AvgIpc) is 2.80. The van der Waals surface area contributed by atoms with Crippen LogP contribution in [0.3, 0.4) is 0 Å². The topological polar surface area (TPSA) is 62.2 Å². The number of H-pyrrole nitrogens is 1. The van der Waals surface area contributed by atoms with Gasteiger partial charge in [0, 0.05) is 17.8 Å². The van der Waals surface area contributed by atoms with Crippen molar-refractivity contribution in [2.45, 2.75) is 32.2 Å². The molecular formula is C12H16N4O. The van der Waals surface area contributed by atoms with E-state index < -0.39 is 0 Å². The second kappa shape index (κ2) is 4.00. The third-order valence-corrected chi connectivity index (χ3v) is 3.36. The van der Waals surface area contributed by atoms with Crippen molar-refractivity contribution in [3.05, 3.63) is 33.9 Å². The summed E-state index contributed by atoms with van der Waals surface area (Å²) < 4.78 is 1.46. The fourth-order valence-corrected chi connectivity index (χ4v) is 2.34. The first kappa shape index (κ1) is 10.5. The third kappa shape index (κ3) is 1.76. The lowest BCUT2D eigenvalue weighted by atomic mass is 10.0. The van der Waals surface area contributed by atoms with Gasteiger partial charge < -0.3 is 10.3 Å². The standard InChI is InChI=1S/C12H16N4O/c1-8-7-14-11-6-10(15-16(11)12(8)17)9-4-2-3-5-13-9/h6-7,9,13-14H,2-5H2,1H3/t9-/m0/s1. The first-order valence-electron chi connectivity index (χ1n) is 6.07. The van der Waals surface area contributed by atoms with E-state index in [1.54, 1.807) is 13.1 Å². The van der Waals surface area contributed by atoms with Gasteiger partial charge in [-0.25, -0.2) is 0 Å². The highest BCUT2D eigenvalue weighted by atomic mass is 16.1. The van der Waals surface area contributed by atoms with Gasteiger partial charge in [0.05, 0.1) is 11.7 Å². The third-order valence-electron chi connectivity index (χ3n) is 3.36. The Hall–Kier alpha value is -1.62. The molecule has 1 fully saturated rings. The van der Waals surface area contributed by atoms with Crippen LogP contribution in [-0.4, -0.2) is 21.1 Å². The SMILES string of the molecule is Cc1c[nH]c2cc([C@@H]3CCCCN3)nn2c1=O. The Morgan fingerprint density at radius 3 is 3.12 bits per heavy atom. The van der Waals surface area contributed by atoms with Crippen molar-refractivity contribution in [1.82, 2.24) is 19.9 Å². The number of hydrogen-bond acceptors (Lipinski definition) is 3. The Morgan fingerprint density at radius 1 is 1.47 bits per heavy atom. The molecule has 17 heavy (non-hydrogen) atoms. The van der Waals surface area contributed by atoms with Gasteiger partial charge in [0.25, 0.3) is 5.56 Å². The van der Waals surface area contributed by atoms with Crippen LogP contribution in [0.15, 0.2) is 17.1 Å². The summed E-state index contributed by atoms with van der Waals surface area (Å²) in [5.41, 5.74) is 2.37. The van der Waals surface area contributed by atoms with E-state index in [1.807, 2.05) is 6.07 Å². The average molecular weight is 232 g/mol. The molecule has 0 aromatic carbocycles. The van der Waals surface area contributed by atoms with Gasteiger partial charge in [0.15, 0.2) is 0 Å². The van der Waals surface area contributed by atoms with Gasteiger partial charge in [-0.15, -0.1) is 0 Å². The first-order valence-corrected chi connectivity index (χ1v) is 6.07. The molecule has 0 amide bonds. The number of nitrogens with zero attached hydrogens (tertiary/aromatic N) is 2. The van der Waals surface area contributed by atoms with Crippen molar-refractivity contribution in [2.75, 3.05) is 6.54 Å². The molecule has 2 N–H and O–H groups in total. The zero-order valence-electron chi connectivity index (χ0n) is 9.86. The second-order valence-corrected chi connectivity index (χ2v) is 4.65. The predicted molar refractivity (Wildman–Crippen MR) is 65.1 cm³/mol. The Balaban J connectivity index is 2.07. The molecule has 0 radical (unpaired) electrons. The number of nitrogens with one attached hydrogen (secondary N) is 2. The molecule has 1 aliphatic heterocycles. The number of rotatable bonds is 1. The lowest BCUT2D eigenvalue weighted by Gasteiger charge is -2.21. The summed E-state index contributed by atoms with van der Waals surface area (Å²) in [5, 5.41) is 7.85. The van der Waals surface area contributed by atoms with Crippen molar-refractivity contribution in [1.29, 1.82) is 0 Å². The van der Waals surface area contributed by atoms with Crippen LogP contribution >= 0.6 is 0 Å². The van der Waals surface area contributed by atoms with E-state index >= 15 is 0 Å². The van der Waals surface area contributed by atoms with Crippen LogP contribution in [0.1, 0.15) is 36.6 Å². The maximum atomic E-state index is 11.9. The Labute approximate surface area is 98.9 Å². The van der Waals surface area contributed by atoms with Gasteiger partial charge in [0.1, 0.15) is 5.65 Å². The van der Waals surface area contributed by atoms with E-state index in [1.165, 1.54) is 17.4 Å². The smallest absolute Gasteiger partial charge is 0.277 e. The summed E-state index contributed by atoms with van der Waals surface area (Å²) >= 11 is 0. The Kier molecular flexibility index (Phi) is 2.48. The summed E-state index contributed by atoms with van der Waals surface area (Å²) in [6.45, 7) is 2.82. The van der Waals surface area contributed by atoms with Crippen LogP contribution in [0.4, 0.5) is 0 Å². The molecule has 90 valence electrons. The van der Waals surface area contributed by atoms with Crippen molar-refractivity contribution >= 4 is 5.65 Å². The minimum Gasteiger partial charge on any atom is -0.346 e. The fraction of sp³-hybridized carbons (Fsp3) is 0.500. The Bertz CT molecular complexity index is 592. The molecule has 5 heteroatoms. The highest BCUT2D eigenvalue weighted by molar-refractivity contribution is 5.40. The van der Waals surface area contributed by atoms with Gasteiger partial charge in [-0.3, -0.25) is 4.79 Å². The summed E-state index contributed by atoms with van der Waals surface area (Å²) in [6.07, 6.45) is 5.27. The van der Waals surface area contributed by atoms with E-state index in [-0.39, 0.29) is 11.6 Å². The lowest BCUT2D eigenvalue weighted by molar-refractivity contribution is 0.404. The molecular weight excluding hydrogens is 216 g/mol. The molecule has 5 nitrogen and oxygen atoms in total. The van der Waals surface area contributed by atoms with E-state index in [0.717, 1.165) is 24.3 Å². The van der Waals surface area contributed by atoms with E-state index in [9.17, 15) is 4.79 Å². The molecule has 0 saturated carbocycles. The van der Waals surface area contributed by atoms with Crippen LogP contribution in [0, 0.1) is 6.92 Å². The van der Waals surface area contributed by atoms with Gasteiger partial charge in [0.2, 0.25) is 0 Å². The number of piperidine rings is 1. The number of aromatic nitrogens is 3. The van der Waals surface area contributed by atoms with Crippen LogP contribution in [0.5, 0.6) is 0 Å². The van der Waals surface area contributed by atoms with Crippen LogP contribution in [0.25, 0.3) is 5.65 Å². The largest absolute Gasteiger partial charge is 0.346 e. The molecule has 2 aromatic heterocycles. The minimum absolute atomic E-state index is 0.0409. The molecule has 0 unspecified atom stereocenters. The number of aryl methyl sites for hydroxylation is 1. The maximum absolute atomic E-state index is 11.9. The number of hydrogen-bond donors (Lipinski definition) is 2. The monoisotopic (exact) mass is 232 g/mol. The molecule has 0 aliphatic carbocycles. The normalized spacial score (nSPS) is 20.9. The minimum atomic E-state index is -0.0409. The van der Waals surface area contributed by atoms with Crippen LogP contribution in [0.2, 0.25) is 0 Å². The molecule has 2 aromatic rings. The molecule has 0 spiro atoms. The zero-order valence-corrected chi connectivity index (χ0v) is 9.86.